The van der Waals surface area contributed by atoms with E-state index < -0.39 is 12.0 Å². The standard InChI is InChI=1S/C38H35BrN2O6S/c1-5-9-30-34(37(43)46-6-2)35(29-20-26(44-3)17-19-31(29)45-4)41-36(42)33(48-38(41)40-30)21-28-27-11-8-7-10-24(27)14-18-32(28)47-22-23-12-15-25(39)16-13-23/h7-8,10-21,35H,5-6,9,22H2,1-4H3/b33-21-/t35-/m0/s1. The summed E-state index contributed by atoms with van der Waals surface area (Å²) >= 11 is 4.77. The number of hydrogen-bond donors (Lipinski definition) is 0. The van der Waals surface area contributed by atoms with Gasteiger partial charge in [0.1, 0.15) is 29.9 Å². The summed E-state index contributed by atoms with van der Waals surface area (Å²) in [6.45, 7) is 4.32. The Morgan fingerprint density at radius 3 is 2.48 bits per heavy atom. The Hall–Kier alpha value is -4.67. The van der Waals surface area contributed by atoms with E-state index in [-0.39, 0.29) is 12.2 Å². The van der Waals surface area contributed by atoms with E-state index in [0.717, 1.165) is 32.8 Å². The van der Waals surface area contributed by atoms with E-state index in [2.05, 4.69) is 15.9 Å². The SMILES string of the molecule is CCCC1=C(C(=O)OCC)[C@H](c2cc(OC)ccc2OC)n2c(s/c(=C\c3c(OCc4ccc(Br)cc4)ccc4ccccc34)c2=O)=N1. The van der Waals surface area contributed by atoms with Gasteiger partial charge in [-0.15, -0.1) is 0 Å². The van der Waals surface area contributed by atoms with E-state index in [1.165, 1.54) is 11.3 Å². The number of rotatable bonds is 11. The molecule has 0 saturated heterocycles. The number of esters is 1. The number of allylic oxidation sites excluding steroid dienone is 1. The molecule has 0 unspecified atom stereocenters. The molecule has 0 saturated carbocycles. The smallest absolute Gasteiger partial charge is 0.338 e. The van der Waals surface area contributed by atoms with E-state index in [9.17, 15) is 9.59 Å². The van der Waals surface area contributed by atoms with Gasteiger partial charge in [0.2, 0.25) is 0 Å². The molecule has 48 heavy (non-hydrogen) atoms. The number of hydrogen-bond acceptors (Lipinski definition) is 8. The molecule has 2 heterocycles. The fourth-order valence-corrected chi connectivity index (χ4v) is 7.16. The Morgan fingerprint density at radius 1 is 0.979 bits per heavy atom. The molecule has 1 aliphatic heterocycles. The predicted molar refractivity (Wildman–Crippen MR) is 192 cm³/mol. The van der Waals surface area contributed by atoms with Gasteiger partial charge < -0.3 is 18.9 Å². The fourth-order valence-electron chi connectivity index (χ4n) is 5.89. The van der Waals surface area contributed by atoms with Gasteiger partial charge in [-0.25, -0.2) is 9.79 Å². The number of halogens is 1. The highest BCUT2D eigenvalue weighted by atomic mass is 79.9. The number of fused-ring (bicyclic) bond motifs is 2. The van der Waals surface area contributed by atoms with Crippen molar-refractivity contribution < 1.29 is 23.7 Å². The molecular formula is C38H35BrN2O6S. The second kappa shape index (κ2) is 14.6. The minimum Gasteiger partial charge on any atom is -0.497 e. The van der Waals surface area contributed by atoms with Gasteiger partial charge in [-0.05, 0) is 72.2 Å². The molecule has 4 aromatic carbocycles. The van der Waals surface area contributed by atoms with Crippen LogP contribution in [0.5, 0.6) is 17.2 Å². The van der Waals surface area contributed by atoms with E-state index in [0.29, 0.717) is 56.4 Å². The van der Waals surface area contributed by atoms with Crippen LogP contribution in [0.2, 0.25) is 0 Å². The van der Waals surface area contributed by atoms with E-state index in [4.69, 9.17) is 23.9 Å². The lowest BCUT2D eigenvalue weighted by molar-refractivity contribution is -0.139. The maximum absolute atomic E-state index is 14.6. The molecule has 1 aliphatic rings. The first-order valence-electron chi connectivity index (χ1n) is 15.7. The number of ether oxygens (including phenoxy) is 4. The largest absolute Gasteiger partial charge is 0.497 e. The van der Waals surface area contributed by atoms with Gasteiger partial charge in [-0.1, -0.05) is 83.1 Å². The second-order valence-corrected chi connectivity index (χ2v) is 13.1. The van der Waals surface area contributed by atoms with Gasteiger partial charge in [-0.3, -0.25) is 9.36 Å². The molecule has 246 valence electrons. The highest BCUT2D eigenvalue weighted by molar-refractivity contribution is 9.10. The van der Waals surface area contributed by atoms with E-state index in [1.54, 1.807) is 43.9 Å². The Morgan fingerprint density at radius 2 is 1.75 bits per heavy atom. The molecule has 0 fully saturated rings. The average molecular weight is 728 g/mol. The van der Waals surface area contributed by atoms with Crippen LogP contribution >= 0.6 is 27.3 Å². The summed E-state index contributed by atoms with van der Waals surface area (Å²) in [5.74, 6) is 1.19. The van der Waals surface area contributed by atoms with Crippen molar-refractivity contribution >= 4 is 50.1 Å². The Kier molecular flexibility index (Phi) is 10.1. The quantitative estimate of drug-likeness (QED) is 0.135. The Balaban J connectivity index is 1.58. The van der Waals surface area contributed by atoms with Gasteiger partial charge in [0, 0.05) is 15.6 Å². The molecule has 0 radical (unpaired) electrons. The van der Waals surface area contributed by atoms with Gasteiger partial charge in [0.25, 0.3) is 5.56 Å². The number of nitrogens with zero attached hydrogens (tertiary/aromatic N) is 2. The molecule has 8 nitrogen and oxygen atoms in total. The first-order chi connectivity index (χ1) is 23.4. The number of carbonyl (C=O) groups is 1. The summed E-state index contributed by atoms with van der Waals surface area (Å²) in [6.07, 6.45) is 3.14. The van der Waals surface area contributed by atoms with E-state index >= 15 is 0 Å². The summed E-state index contributed by atoms with van der Waals surface area (Å²) in [5, 5.41) is 1.96. The number of benzene rings is 4. The molecule has 1 aromatic heterocycles. The third-order valence-corrected chi connectivity index (χ3v) is 9.65. The lowest BCUT2D eigenvalue weighted by atomic mass is 9.93. The monoisotopic (exact) mass is 726 g/mol. The molecule has 0 spiro atoms. The molecule has 10 heteroatoms. The lowest BCUT2D eigenvalue weighted by Crippen LogP contribution is -2.40. The van der Waals surface area contributed by atoms with Crippen LogP contribution in [0.25, 0.3) is 16.8 Å². The minimum absolute atomic E-state index is 0.179. The molecule has 0 bridgehead atoms. The second-order valence-electron chi connectivity index (χ2n) is 11.1. The summed E-state index contributed by atoms with van der Waals surface area (Å²) < 4.78 is 26.3. The van der Waals surface area contributed by atoms with Crippen molar-refractivity contribution in [1.29, 1.82) is 0 Å². The molecule has 0 N–H and O–H groups in total. The summed E-state index contributed by atoms with van der Waals surface area (Å²) in [5.41, 5.74) is 3.00. The number of thiazole rings is 1. The van der Waals surface area contributed by atoms with Crippen LogP contribution < -0.4 is 29.1 Å². The van der Waals surface area contributed by atoms with E-state index in [1.807, 2.05) is 73.7 Å². The van der Waals surface area contributed by atoms with Crippen molar-refractivity contribution in [2.75, 3.05) is 20.8 Å². The Labute approximate surface area is 290 Å². The summed E-state index contributed by atoms with van der Waals surface area (Å²) in [7, 11) is 3.13. The van der Waals surface area contributed by atoms with Gasteiger partial charge >= 0.3 is 5.97 Å². The normalized spacial score (nSPS) is 14.4. The highest BCUT2D eigenvalue weighted by Gasteiger charge is 2.36. The van der Waals surface area contributed by atoms with Crippen LogP contribution in [0.4, 0.5) is 0 Å². The number of aromatic nitrogens is 1. The van der Waals surface area contributed by atoms with Crippen LogP contribution in [0.3, 0.4) is 0 Å². The molecule has 5 aromatic rings. The molecular weight excluding hydrogens is 692 g/mol. The maximum Gasteiger partial charge on any atom is 0.338 e. The highest BCUT2D eigenvalue weighted by Crippen LogP contribution is 2.39. The van der Waals surface area contributed by atoms with Gasteiger partial charge in [0.05, 0.1) is 36.6 Å². The Bertz CT molecular complexity index is 2200. The first-order valence-corrected chi connectivity index (χ1v) is 17.3. The van der Waals surface area contributed by atoms with Crippen LogP contribution in [-0.2, 0) is 16.1 Å². The van der Waals surface area contributed by atoms with Crippen molar-refractivity contribution in [1.82, 2.24) is 4.57 Å². The summed E-state index contributed by atoms with van der Waals surface area (Å²) in [4.78, 5) is 33.7. The van der Waals surface area contributed by atoms with Gasteiger partial charge in [-0.2, -0.15) is 0 Å². The minimum atomic E-state index is -0.852. The van der Waals surface area contributed by atoms with Crippen molar-refractivity contribution in [2.45, 2.75) is 39.3 Å². The molecule has 0 aliphatic carbocycles. The molecule has 0 amide bonds. The fraction of sp³-hybridized carbons (Fsp3) is 0.237. The third-order valence-electron chi connectivity index (χ3n) is 8.14. The zero-order chi connectivity index (χ0) is 33.8. The number of carbonyl (C=O) groups excluding carboxylic acids is 1. The first kappa shape index (κ1) is 33.2. The lowest BCUT2D eigenvalue weighted by Gasteiger charge is -2.27. The zero-order valence-corrected chi connectivity index (χ0v) is 29.5. The van der Waals surface area contributed by atoms with Crippen molar-refractivity contribution in [3.05, 3.63) is 131 Å². The van der Waals surface area contributed by atoms with Crippen LogP contribution in [0.1, 0.15) is 49.4 Å². The summed E-state index contributed by atoms with van der Waals surface area (Å²) in [6, 6.07) is 24.4. The zero-order valence-electron chi connectivity index (χ0n) is 27.1. The van der Waals surface area contributed by atoms with Crippen molar-refractivity contribution in [3.63, 3.8) is 0 Å². The van der Waals surface area contributed by atoms with Crippen molar-refractivity contribution in [3.8, 4) is 17.2 Å². The third kappa shape index (κ3) is 6.55. The van der Waals surface area contributed by atoms with Crippen LogP contribution in [0.15, 0.2) is 104 Å². The topological polar surface area (TPSA) is 88.4 Å². The van der Waals surface area contributed by atoms with Crippen LogP contribution in [0, 0.1) is 0 Å². The number of methoxy groups -OCH3 is 2. The van der Waals surface area contributed by atoms with Gasteiger partial charge in [0.15, 0.2) is 4.80 Å². The average Bonchev–Trinajstić information content (AvgIpc) is 3.41. The predicted octanol–water partition coefficient (Wildman–Crippen LogP) is 7.09. The molecule has 6 rings (SSSR count). The van der Waals surface area contributed by atoms with Crippen molar-refractivity contribution in [2.24, 2.45) is 4.99 Å². The maximum atomic E-state index is 14.6. The van der Waals surface area contributed by atoms with Crippen LogP contribution in [-0.4, -0.2) is 31.4 Å². The molecule has 1 atom stereocenters.